The van der Waals surface area contributed by atoms with Crippen molar-refractivity contribution in [1.29, 1.82) is 0 Å². The molecule has 0 fully saturated rings. The van der Waals surface area contributed by atoms with Crippen molar-refractivity contribution in [2.45, 2.75) is 26.4 Å². The summed E-state index contributed by atoms with van der Waals surface area (Å²) in [5.74, 6) is -0.369. The Morgan fingerprint density at radius 3 is 2.28 bits per heavy atom. The van der Waals surface area contributed by atoms with E-state index in [1.807, 2.05) is 68.4 Å². The van der Waals surface area contributed by atoms with Gasteiger partial charge in [0.25, 0.3) is 0 Å². The number of benzene rings is 2. The van der Waals surface area contributed by atoms with Crippen LogP contribution >= 0.6 is 0 Å². The number of amides is 2. The first-order valence-corrected chi connectivity index (χ1v) is 8.32. The summed E-state index contributed by atoms with van der Waals surface area (Å²) in [4.78, 5) is 26.3. The van der Waals surface area contributed by atoms with Crippen molar-refractivity contribution in [2.24, 2.45) is 0 Å². The van der Waals surface area contributed by atoms with Gasteiger partial charge in [0, 0.05) is 13.1 Å². The Morgan fingerprint density at radius 1 is 1.08 bits per heavy atom. The molecule has 0 radical (unpaired) electrons. The molecule has 1 atom stereocenters. The molecule has 0 spiro atoms. The molecule has 0 aliphatic heterocycles. The van der Waals surface area contributed by atoms with E-state index in [0.29, 0.717) is 13.1 Å². The number of hydrogen-bond acceptors (Lipinski definition) is 3. The minimum absolute atomic E-state index is 0.266. The highest BCUT2D eigenvalue weighted by Crippen LogP contribution is 2.17. The second kappa shape index (κ2) is 8.87. The summed E-state index contributed by atoms with van der Waals surface area (Å²) >= 11 is 0. The van der Waals surface area contributed by atoms with Gasteiger partial charge in [0.05, 0.1) is 13.2 Å². The second-order valence-corrected chi connectivity index (χ2v) is 5.77. The van der Waals surface area contributed by atoms with E-state index in [0.717, 1.165) is 16.9 Å². The van der Waals surface area contributed by atoms with Crippen LogP contribution in [0.2, 0.25) is 0 Å². The monoisotopic (exact) mass is 340 g/mol. The van der Waals surface area contributed by atoms with E-state index >= 15 is 0 Å². The van der Waals surface area contributed by atoms with Crippen LogP contribution in [0.15, 0.2) is 54.6 Å². The average molecular weight is 340 g/mol. The van der Waals surface area contributed by atoms with Gasteiger partial charge in [-0.15, -0.1) is 0 Å². The zero-order chi connectivity index (χ0) is 18.2. The summed E-state index contributed by atoms with van der Waals surface area (Å²) in [5.41, 5.74) is 1.90. The first-order chi connectivity index (χ1) is 12.0. The normalized spacial score (nSPS) is 11.5. The number of ether oxygens (including phenoxy) is 1. The molecule has 0 aliphatic carbocycles. The van der Waals surface area contributed by atoms with Crippen molar-refractivity contribution in [3.8, 4) is 5.75 Å². The number of likely N-dealkylation sites (N-methyl/N-ethyl adjacent to an activating group) is 1. The Labute approximate surface area is 148 Å². The summed E-state index contributed by atoms with van der Waals surface area (Å²) in [6.45, 7) is 4.60. The Kier molecular flexibility index (Phi) is 6.57. The highest BCUT2D eigenvalue weighted by Gasteiger charge is 2.22. The number of methoxy groups -OCH3 is 1. The van der Waals surface area contributed by atoms with Crippen LogP contribution in [0.1, 0.15) is 31.0 Å². The fraction of sp³-hybridized carbons (Fsp3) is 0.300. The van der Waals surface area contributed by atoms with Gasteiger partial charge in [0.1, 0.15) is 5.75 Å². The van der Waals surface area contributed by atoms with E-state index in [1.54, 1.807) is 7.11 Å². The van der Waals surface area contributed by atoms with E-state index in [9.17, 15) is 9.59 Å². The lowest BCUT2D eigenvalue weighted by Gasteiger charge is -2.22. The SMILES string of the molecule is CCN(Cc1ccccc1)C(=O)C(=O)NC(C)c1ccc(OC)cc1. The molecule has 0 saturated heterocycles. The van der Waals surface area contributed by atoms with Crippen molar-refractivity contribution >= 4 is 11.8 Å². The lowest BCUT2D eigenvalue weighted by Crippen LogP contribution is -2.43. The van der Waals surface area contributed by atoms with Crippen molar-refractivity contribution in [3.63, 3.8) is 0 Å². The number of nitrogens with zero attached hydrogens (tertiary/aromatic N) is 1. The molecular weight excluding hydrogens is 316 g/mol. The van der Waals surface area contributed by atoms with Crippen LogP contribution in [-0.2, 0) is 16.1 Å². The van der Waals surface area contributed by atoms with Gasteiger partial charge in [-0.1, -0.05) is 42.5 Å². The fourth-order valence-electron chi connectivity index (χ4n) is 2.51. The molecule has 0 saturated carbocycles. The molecule has 5 nitrogen and oxygen atoms in total. The fourth-order valence-corrected chi connectivity index (χ4v) is 2.51. The van der Waals surface area contributed by atoms with E-state index in [-0.39, 0.29) is 6.04 Å². The Balaban J connectivity index is 1.98. The number of carbonyl (C=O) groups is 2. The van der Waals surface area contributed by atoms with Crippen molar-refractivity contribution in [1.82, 2.24) is 10.2 Å². The first kappa shape index (κ1) is 18.5. The molecule has 2 aromatic rings. The maximum Gasteiger partial charge on any atom is 0.312 e. The minimum atomic E-state index is -0.596. The lowest BCUT2D eigenvalue weighted by atomic mass is 10.1. The first-order valence-electron chi connectivity index (χ1n) is 8.32. The Hall–Kier alpha value is -2.82. The van der Waals surface area contributed by atoms with Crippen LogP contribution in [0.3, 0.4) is 0 Å². The molecule has 2 amide bonds. The van der Waals surface area contributed by atoms with Gasteiger partial charge in [-0.3, -0.25) is 9.59 Å². The van der Waals surface area contributed by atoms with Crippen molar-refractivity contribution < 1.29 is 14.3 Å². The highest BCUT2D eigenvalue weighted by atomic mass is 16.5. The van der Waals surface area contributed by atoms with Crippen molar-refractivity contribution in [2.75, 3.05) is 13.7 Å². The molecule has 5 heteroatoms. The average Bonchev–Trinajstić information content (AvgIpc) is 2.66. The zero-order valence-corrected chi connectivity index (χ0v) is 14.9. The van der Waals surface area contributed by atoms with E-state index < -0.39 is 11.8 Å². The molecule has 0 heterocycles. The summed E-state index contributed by atoms with van der Waals surface area (Å²) in [6.07, 6.45) is 0. The number of rotatable bonds is 6. The van der Waals surface area contributed by atoms with Gasteiger partial charge < -0.3 is 15.0 Å². The summed E-state index contributed by atoms with van der Waals surface area (Å²) in [5, 5.41) is 2.76. The molecule has 2 aromatic carbocycles. The van der Waals surface area contributed by atoms with E-state index in [4.69, 9.17) is 4.74 Å². The molecule has 0 bridgehead atoms. The quantitative estimate of drug-likeness (QED) is 0.823. The molecule has 1 N–H and O–H groups in total. The third-order valence-corrected chi connectivity index (χ3v) is 4.04. The highest BCUT2D eigenvalue weighted by molar-refractivity contribution is 6.35. The summed E-state index contributed by atoms with van der Waals surface area (Å²) in [7, 11) is 1.60. The van der Waals surface area contributed by atoms with Crippen LogP contribution in [0.25, 0.3) is 0 Å². The number of nitrogens with one attached hydrogen (secondary N) is 1. The molecule has 2 rings (SSSR count). The minimum Gasteiger partial charge on any atom is -0.497 e. The molecule has 0 aromatic heterocycles. The third kappa shape index (κ3) is 5.08. The molecule has 25 heavy (non-hydrogen) atoms. The van der Waals surface area contributed by atoms with Crippen LogP contribution in [-0.4, -0.2) is 30.4 Å². The van der Waals surface area contributed by atoms with E-state index in [1.165, 1.54) is 4.90 Å². The van der Waals surface area contributed by atoms with Crippen LogP contribution in [0.5, 0.6) is 5.75 Å². The van der Waals surface area contributed by atoms with Gasteiger partial charge in [0.15, 0.2) is 0 Å². The largest absolute Gasteiger partial charge is 0.497 e. The molecular formula is C20H24N2O3. The van der Waals surface area contributed by atoms with Gasteiger partial charge in [-0.2, -0.15) is 0 Å². The zero-order valence-electron chi connectivity index (χ0n) is 14.9. The molecule has 0 aliphatic rings. The summed E-state index contributed by atoms with van der Waals surface area (Å²) < 4.78 is 5.12. The van der Waals surface area contributed by atoms with Crippen molar-refractivity contribution in [3.05, 3.63) is 65.7 Å². The number of hydrogen-bond donors (Lipinski definition) is 1. The third-order valence-electron chi connectivity index (χ3n) is 4.04. The Morgan fingerprint density at radius 2 is 1.72 bits per heavy atom. The van der Waals surface area contributed by atoms with Gasteiger partial charge in [0.2, 0.25) is 0 Å². The lowest BCUT2D eigenvalue weighted by molar-refractivity contribution is -0.146. The standard InChI is InChI=1S/C20H24N2O3/c1-4-22(14-16-8-6-5-7-9-16)20(24)19(23)21-15(2)17-10-12-18(25-3)13-11-17/h5-13,15H,4,14H2,1-3H3,(H,21,23). The van der Waals surface area contributed by atoms with Gasteiger partial charge in [-0.25, -0.2) is 0 Å². The molecule has 132 valence electrons. The van der Waals surface area contributed by atoms with Crippen LogP contribution in [0, 0.1) is 0 Å². The maximum atomic E-state index is 12.4. The maximum absolute atomic E-state index is 12.4. The molecule has 1 unspecified atom stereocenters. The van der Waals surface area contributed by atoms with E-state index in [2.05, 4.69) is 5.32 Å². The summed E-state index contributed by atoms with van der Waals surface area (Å²) in [6, 6.07) is 16.8. The van der Waals surface area contributed by atoms with Gasteiger partial charge in [-0.05, 0) is 37.1 Å². The Bertz CT molecular complexity index is 699. The van der Waals surface area contributed by atoms with Crippen LogP contribution < -0.4 is 10.1 Å². The predicted molar refractivity (Wildman–Crippen MR) is 97.1 cm³/mol. The predicted octanol–water partition coefficient (Wildman–Crippen LogP) is 2.92. The smallest absolute Gasteiger partial charge is 0.312 e. The number of carbonyl (C=O) groups excluding carboxylic acids is 2. The van der Waals surface area contributed by atoms with Gasteiger partial charge >= 0.3 is 11.8 Å². The topological polar surface area (TPSA) is 58.6 Å². The van der Waals surface area contributed by atoms with Crippen LogP contribution in [0.4, 0.5) is 0 Å². The second-order valence-electron chi connectivity index (χ2n) is 5.77.